The molecule has 0 bridgehead atoms. The molecule has 1 saturated heterocycles. The zero-order valence-electron chi connectivity index (χ0n) is 14.3. The molecule has 1 aromatic rings. The Hall–Kier alpha value is -2.96. The van der Waals surface area contributed by atoms with Gasteiger partial charge in [0, 0.05) is 24.4 Å². The molecule has 2 aliphatic rings. The quantitative estimate of drug-likeness (QED) is 0.497. The van der Waals surface area contributed by atoms with Crippen molar-refractivity contribution in [2.75, 3.05) is 12.4 Å². The second-order valence-corrected chi connectivity index (χ2v) is 6.96. The number of alkyl halides is 2. The van der Waals surface area contributed by atoms with Crippen LogP contribution in [0.15, 0.2) is 23.5 Å². The Morgan fingerprint density at radius 3 is 2.75 bits per heavy atom. The van der Waals surface area contributed by atoms with E-state index in [-0.39, 0.29) is 29.3 Å². The van der Waals surface area contributed by atoms with Gasteiger partial charge in [-0.2, -0.15) is 13.9 Å². The first kappa shape index (κ1) is 19.8. The van der Waals surface area contributed by atoms with Gasteiger partial charge in [-0.3, -0.25) is 19.3 Å². The van der Waals surface area contributed by atoms with Gasteiger partial charge in [0.1, 0.15) is 29.4 Å². The number of halogens is 2. The Morgan fingerprint density at radius 1 is 1.46 bits per heavy atom. The highest BCUT2D eigenvalue weighted by Crippen LogP contribution is 2.40. The first-order valence-corrected chi connectivity index (χ1v) is 8.93. The molecule has 2 amide bonds. The summed E-state index contributed by atoms with van der Waals surface area (Å²) in [5.41, 5.74) is -0.322. The van der Waals surface area contributed by atoms with E-state index >= 15 is 0 Å². The lowest BCUT2D eigenvalue weighted by Gasteiger charge is -2.49. The van der Waals surface area contributed by atoms with E-state index in [1.54, 1.807) is 0 Å². The normalized spacial score (nSPS) is 21.3. The second-order valence-electron chi connectivity index (χ2n) is 5.86. The fourth-order valence-electron chi connectivity index (χ4n) is 2.77. The maximum absolute atomic E-state index is 12.5. The van der Waals surface area contributed by atoms with Crippen molar-refractivity contribution in [3.63, 3.8) is 0 Å². The number of carboxylic acid groups (broad SMARTS) is 1. The fourth-order valence-corrected chi connectivity index (χ4v) is 4.09. The molecule has 28 heavy (non-hydrogen) atoms. The van der Waals surface area contributed by atoms with Gasteiger partial charge in [0.15, 0.2) is 0 Å². The maximum Gasteiger partial charge on any atom is 0.352 e. The molecule has 2 N–H and O–H groups in total. The van der Waals surface area contributed by atoms with Crippen LogP contribution in [0.4, 0.5) is 8.78 Å². The van der Waals surface area contributed by atoms with Crippen LogP contribution in [0.25, 0.3) is 0 Å². The van der Waals surface area contributed by atoms with Crippen LogP contribution in [0.2, 0.25) is 0 Å². The van der Waals surface area contributed by atoms with Gasteiger partial charge >= 0.3 is 18.5 Å². The van der Waals surface area contributed by atoms with E-state index in [4.69, 9.17) is 4.74 Å². The number of nitrogens with zero attached hydrogens (tertiary/aromatic N) is 3. The third kappa shape index (κ3) is 3.56. The third-order valence-electron chi connectivity index (χ3n) is 4.03. The minimum absolute atomic E-state index is 0.176. The number of β-lactam (4-membered cyclic amide) rings is 1. The summed E-state index contributed by atoms with van der Waals surface area (Å²) in [6.07, 6.45) is 0.927. The molecule has 2 atom stereocenters. The van der Waals surface area contributed by atoms with Crippen LogP contribution in [0.3, 0.4) is 0 Å². The molecule has 3 heterocycles. The van der Waals surface area contributed by atoms with Gasteiger partial charge in [0.25, 0.3) is 11.8 Å². The minimum Gasteiger partial charge on any atom is -0.477 e. The number of aromatic nitrogens is 2. The van der Waals surface area contributed by atoms with Gasteiger partial charge in [-0.05, 0) is 6.07 Å². The molecule has 3 rings (SSSR count). The van der Waals surface area contributed by atoms with Crippen LogP contribution in [0.5, 0.6) is 0 Å². The van der Waals surface area contributed by atoms with Crippen LogP contribution in [-0.2, 0) is 19.1 Å². The van der Waals surface area contributed by atoms with Crippen LogP contribution in [0.1, 0.15) is 24.0 Å². The number of amides is 2. The zero-order chi connectivity index (χ0) is 20.6. The molecule has 10 nitrogen and oxygen atoms in total. The Kier molecular flexibility index (Phi) is 5.36. The van der Waals surface area contributed by atoms with E-state index in [0.717, 1.165) is 17.2 Å². The summed E-state index contributed by atoms with van der Waals surface area (Å²) in [6, 6.07) is 0.0507. The van der Waals surface area contributed by atoms with Crippen molar-refractivity contribution in [2.45, 2.75) is 24.9 Å². The predicted molar refractivity (Wildman–Crippen MR) is 89.1 cm³/mol. The Balaban J connectivity index is 1.73. The lowest BCUT2D eigenvalue weighted by atomic mass is 10.0. The molecule has 1 aromatic heterocycles. The number of carboxylic acids is 1. The van der Waals surface area contributed by atoms with Gasteiger partial charge in [-0.1, -0.05) is 0 Å². The summed E-state index contributed by atoms with van der Waals surface area (Å²) in [6.45, 7) is -1.99. The molecule has 13 heteroatoms. The zero-order valence-corrected chi connectivity index (χ0v) is 15.1. The standard InChI is InChI=1S/C15H14F2N4O6S/c1-6(22)27-4-7-5-28-13-9(12(24)21(13)10(7)14(25)26)18-11(23)8-2-3-20(19-8)15(16)17/h2-3,9,13,15H,4-5H2,1H3,(H,18,23)(H,25,26)/t9-,13-/m0/s1. The first-order valence-electron chi connectivity index (χ1n) is 7.88. The van der Waals surface area contributed by atoms with Crippen molar-refractivity contribution in [2.24, 2.45) is 0 Å². The highest BCUT2D eigenvalue weighted by atomic mass is 32.2. The molecule has 0 radical (unpaired) electrons. The second kappa shape index (κ2) is 7.58. The molecule has 0 spiro atoms. The molecule has 150 valence electrons. The molecular weight excluding hydrogens is 402 g/mol. The maximum atomic E-state index is 12.5. The van der Waals surface area contributed by atoms with Crippen molar-refractivity contribution in [1.29, 1.82) is 0 Å². The SMILES string of the molecule is CC(=O)OCC1=C(C(=O)O)N2C(=O)[C@H](NC(=O)c3ccn(C(F)F)n3)[C@@H]2SC1. The summed E-state index contributed by atoms with van der Waals surface area (Å²) in [4.78, 5) is 48.1. The van der Waals surface area contributed by atoms with E-state index in [2.05, 4.69) is 10.4 Å². The molecule has 2 aliphatic heterocycles. The number of hydrogen-bond acceptors (Lipinski definition) is 7. The third-order valence-corrected chi connectivity index (χ3v) is 5.37. The predicted octanol–water partition coefficient (Wildman–Crippen LogP) is 0.194. The summed E-state index contributed by atoms with van der Waals surface area (Å²) in [5, 5.41) is 14.6. The highest BCUT2D eigenvalue weighted by molar-refractivity contribution is 8.00. The summed E-state index contributed by atoms with van der Waals surface area (Å²) >= 11 is 1.19. The minimum atomic E-state index is -2.91. The van der Waals surface area contributed by atoms with Gasteiger partial charge in [-0.15, -0.1) is 11.8 Å². The van der Waals surface area contributed by atoms with Gasteiger partial charge in [0.2, 0.25) is 0 Å². The molecular formula is C15H14F2N4O6S. The average molecular weight is 416 g/mol. The van der Waals surface area contributed by atoms with E-state index in [1.165, 1.54) is 18.7 Å². The van der Waals surface area contributed by atoms with Crippen molar-refractivity contribution < 1.29 is 37.8 Å². The van der Waals surface area contributed by atoms with Crippen LogP contribution in [-0.4, -0.2) is 67.3 Å². The number of thioether (sulfide) groups is 1. The van der Waals surface area contributed by atoms with Crippen molar-refractivity contribution >= 4 is 35.5 Å². The van der Waals surface area contributed by atoms with Crippen LogP contribution in [0, 0.1) is 0 Å². The molecule has 1 fully saturated rings. The highest BCUT2D eigenvalue weighted by Gasteiger charge is 2.54. The summed E-state index contributed by atoms with van der Waals surface area (Å²) in [5.74, 6) is -3.27. The van der Waals surface area contributed by atoms with Crippen LogP contribution < -0.4 is 5.32 Å². The largest absolute Gasteiger partial charge is 0.477 e. The number of ether oxygens (including phenoxy) is 1. The lowest BCUT2D eigenvalue weighted by Crippen LogP contribution is -2.70. The van der Waals surface area contributed by atoms with E-state index in [1.807, 2.05) is 0 Å². The fraction of sp³-hybridized carbons (Fsp3) is 0.400. The Labute approximate surface area is 160 Å². The van der Waals surface area contributed by atoms with Crippen molar-refractivity contribution in [3.05, 3.63) is 29.2 Å². The number of fused-ring (bicyclic) bond motifs is 1. The van der Waals surface area contributed by atoms with Gasteiger partial charge in [0.05, 0.1) is 0 Å². The topological polar surface area (TPSA) is 131 Å². The Morgan fingerprint density at radius 2 is 2.18 bits per heavy atom. The number of hydrogen-bond donors (Lipinski definition) is 2. The molecule has 0 aliphatic carbocycles. The van der Waals surface area contributed by atoms with Crippen LogP contribution >= 0.6 is 11.8 Å². The number of nitrogens with one attached hydrogen (secondary N) is 1. The first-order chi connectivity index (χ1) is 13.2. The van der Waals surface area contributed by atoms with Crippen molar-refractivity contribution in [1.82, 2.24) is 20.0 Å². The van der Waals surface area contributed by atoms with Crippen molar-refractivity contribution in [3.8, 4) is 0 Å². The number of rotatable bonds is 6. The Bertz CT molecular complexity index is 886. The van der Waals surface area contributed by atoms with E-state index in [0.29, 0.717) is 4.68 Å². The molecule has 0 unspecified atom stereocenters. The average Bonchev–Trinajstić information content (AvgIpc) is 3.13. The monoisotopic (exact) mass is 416 g/mol. The number of carbonyl (C=O) groups is 4. The van der Waals surface area contributed by atoms with E-state index < -0.39 is 41.7 Å². The smallest absolute Gasteiger partial charge is 0.352 e. The molecule has 0 saturated carbocycles. The summed E-state index contributed by atoms with van der Waals surface area (Å²) in [7, 11) is 0. The number of carbonyl (C=O) groups excluding carboxylic acids is 3. The van der Waals surface area contributed by atoms with Gasteiger partial charge in [-0.25, -0.2) is 9.48 Å². The number of aliphatic carboxylic acids is 1. The lowest BCUT2D eigenvalue weighted by molar-refractivity contribution is -0.149. The number of esters is 1. The molecule has 0 aromatic carbocycles. The van der Waals surface area contributed by atoms with Gasteiger partial charge < -0.3 is 15.2 Å². The van der Waals surface area contributed by atoms with E-state index in [9.17, 15) is 33.1 Å². The summed E-state index contributed by atoms with van der Waals surface area (Å²) < 4.78 is 30.2.